The van der Waals surface area contributed by atoms with Gasteiger partial charge in [0.2, 0.25) is 11.7 Å². The van der Waals surface area contributed by atoms with Crippen LogP contribution in [0.5, 0.6) is 5.75 Å². The monoisotopic (exact) mass is 593 g/mol. The Balaban J connectivity index is 1.53. The molecule has 0 spiro atoms. The van der Waals surface area contributed by atoms with Crippen LogP contribution in [-0.4, -0.2) is 65.5 Å². The van der Waals surface area contributed by atoms with Crippen LogP contribution >= 0.6 is 23.2 Å². The number of benzene rings is 1. The minimum Gasteiger partial charge on any atom is -0.437 e. The summed E-state index contributed by atoms with van der Waals surface area (Å²) in [4.78, 5) is 55.5. The van der Waals surface area contributed by atoms with Gasteiger partial charge in [0, 0.05) is 44.6 Å². The van der Waals surface area contributed by atoms with Gasteiger partial charge in [-0.3, -0.25) is 19.5 Å². The average molecular weight is 594 g/mol. The number of pyridine rings is 2. The highest BCUT2D eigenvalue weighted by molar-refractivity contribution is 6.30. The summed E-state index contributed by atoms with van der Waals surface area (Å²) in [5, 5.41) is 5.49. The predicted octanol–water partition coefficient (Wildman–Crippen LogP) is 4.08. The number of hydrogen-bond donors (Lipinski definition) is 2. The number of likely N-dealkylation sites (tertiary alicyclic amines) is 1. The Morgan fingerprint density at radius 2 is 1.85 bits per heavy atom. The molecule has 0 radical (unpaired) electrons. The van der Waals surface area contributed by atoms with Gasteiger partial charge in [-0.2, -0.15) is 0 Å². The number of nitrogens with one attached hydrogen (secondary N) is 2. The molecule has 4 rings (SSSR count). The van der Waals surface area contributed by atoms with E-state index in [1.165, 1.54) is 42.6 Å². The van der Waals surface area contributed by atoms with Crippen molar-refractivity contribution >= 4 is 52.8 Å². The maximum absolute atomic E-state index is 15.1. The van der Waals surface area contributed by atoms with Crippen molar-refractivity contribution in [3.05, 3.63) is 75.0 Å². The molecule has 1 saturated heterocycles. The molecule has 2 N–H and O–H groups in total. The predicted molar refractivity (Wildman–Crippen MR) is 143 cm³/mol. The first-order valence-corrected chi connectivity index (χ1v) is 12.4. The zero-order valence-corrected chi connectivity index (χ0v) is 22.5. The molecule has 3 amide bonds. The van der Waals surface area contributed by atoms with Gasteiger partial charge < -0.3 is 24.4 Å². The Kier molecular flexibility index (Phi) is 8.87. The third-order valence-corrected chi connectivity index (χ3v) is 6.35. The molecule has 15 heteroatoms. The topological polar surface area (TPSA) is 141 Å². The van der Waals surface area contributed by atoms with Crippen LogP contribution < -0.4 is 20.9 Å². The van der Waals surface area contributed by atoms with Gasteiger partial charge in [-0.15, -0.1) is 0 Å². The van der Waals surface area contributed by atoms with Gasteiger partial charge in [-0.05, 0) is 24.3 Å². The lowest BCUT2D eigenvalue weighted by Gasteiger charge is -2.24. The number of hydrogen-bond acceptors (Lipinski definition) is 8. The molecule has 1 fully saturated rings. The molecule has 3 heterocycles. The highest BCUT2D eigenvalue weighted by Gasteiger charge is 2.40. The molecule has 40 heavy (non-hydrogen) atoms. The fraction of sp³-hybridized carbons (Fsp3) is 0.240. The SMILES string of the molecule is COC(=O)Oc1cc(Cl)cn(-c2ccc(NC(=O)[C@H]3C[C@@H](OC)CN3C(=O)Nc3ccc(Cl)cn3)c(F)c2)c1=O. The van der Waals surface area contributed by atoms with Crippen LogP contribution in [0.4, 0.5) is 25.5 Å². The van der Waals surface area contributed by atoms with Crippen molar-refractivity contribution in [2.45, 2.75) is 18.6 Å². The lowest BCUT2D eigenvalue weighted by atomic mass is 10.1. The van der Waals surface area contributed by atoms with Gasteiger partial charge in [0.1, 0.15) is 17.7 Å². The molecule has 0 saturated carbocycles. The van der Waals surface area contributed by atoms with Crippen LogP contribution in [0.15, 0.2) is 53.6 Å². The first-order chi connectivity index (χ1) is 19.1. The molecule has 0 aliphatic carbocycles. The second-order valence-corrected chi connectivity index (χ2v) is 9.33. The molecule has 1 aliphatic rings. The summed E-state index contributed by atoms with van der Waals surface area (Å²) < 4.78 is 30.6. The number of aromatic nitrogens is 2. The number of carbonyl (C=O) groups excluding carboxylic acids is 3. The maximum atomic E-state index is 15.1. The Labute approximate surface area is 236 Å². The Bertz CT molecular complexity index is 1500. The second kappa shape index (κ2) is 12.3. The van der Waals surface area contributed by atoms with E-state index in [4.69, 9.17) is 32.7 Å². The molecule has 2 aromatic heterocycles. The lowest BCUT2D eigenvalue weighted by molar-refractivity contribution is -0.119. The van der Waals surface area contributed by atoms with Crippen LogP contribution in [0.25, 0.3) is 5.69 Å². The number of halogens is 3. The maximum Gasteiger partial charge on any atom is 0.513 e. The molecular weight excluding hydrogens is 572 g/mol. The zero-order valence-electron chi connectivity index (χ0n) is 21.0. The largest absolute Gasteiger partial charge is 0.513 e. The molecule has 0 bridgehead atoms. The van der Waals surface area contributed by atoms with Crippen LogP contribution in [0.3, 0.4) is 0 Å². The van der Waals surface area contributed by atoms with Crippen LogP contribution in [0, 0.1) is 5.82 Å². The Hall–Kier alpha value is -4.20. The number of urea groups is 1. The number of anilines is 2. The molecule has 210 valence electrons. The van der Waals surface area contributed by atoms with Crippen molar-refractivity contribution in [2.24, 2.45) is 0 Å². The molecule has 2 atom stereocenters. The average Bonchev–Trinajstić information content (AvgIpc) is 3.38. The Morgan fingerprint density at radius 1 is 1.07 bits per heavy atom. The fourth-order valence-corrected chi connectivity index (χ4v) is 4.27. The van der Waals surface area contributed by atoms with Crippen LogP contribution in [0.2, 0.25) is 10.0 Å². The van der Waals surface area contributed by atoms with E-state index in [9.17, 15) is 19.2 Å². The molecule has 1 aliphatic heterocycles. The fourth-order valence-electron chi connectivity index (χ4n) is 3.96. The van der Waals surface area contributed by atoms with Crippen molar-refractivity contribution in [1.82, 2.24) is 14.5 Å². The first kappa shape index (κ1) is 28.8. The summed E-state index contributed by atoms with van der Waals surface area (Å²) in [6, 6.07) is 6.16. The van der Waals surface area contributed by atoms with E-state index in [0.717, 1.165) is 23.8 Å². The Morgan fingerprint density at radius 3 is 2.50 bits per heavy atom. The van der Waals surface area contributed by atoms with Crippen LogP contribution in [-0.2, 0) is 14.3 Å². The zero-order chi connectivity index (χ0) is 29.0. The molecule has 0 unspecified atom stereocenters. The minimum absolute atomic E-state index is 0.0254. The highest BCUT2D eigenvalue weighted by atomic mass is 35.5. The normalized spacial score (nSPS) is 16.4. The highest BCUT2D eigenvalue weighted by Crippen LogP contribution is 2.25. The summed E-state index contributed by atoms with van der Waals surface area (Å²) in [6.45, 7) is 0.114. The van der Waals surface area contributed by atoms with Gasteiger partial charge >= 0.3 is 12.2 Å². The molecule has 3 aromatic rings. The summed E-state index contributed by atoms with van der Waals surface area (Å²) in [7, 11) is 2.52. The number of methoxy groups -OCH3 is 2. The summed E-state index contributed by atoms with van der Waals surface area (Å²) in [5.41, 5.74) is -0.968. The quantitative estimate of drug-likeness (QED) is 0.407. The summed E-state index contributed by atoms with van der Waals surface area (Å²) in [6.07, 6.45) is 1.18. The second-order valence-electron chi connectivity index (χ2n) is 8.46. The number of amides is 3. The number of nitrogens with zero attached hydrogens (tertiary/aromatic N) is 3. The van der Waals surface area contributed by atoms with E-state index >= 15 is 4.39 Å². The third kappa shape index (κ3) is 6.50. The van der Waals surface area contributed by atoms with Gasteiger partial charge in [-0.1, -0.05) is 23.2 Å². The molecule has 1 aromatic carbocycles. The third-order valence-electron chi connectivity index (χ3n) is 5.92. The number of rotatable bonds is 6. The van der Waals surface area contributed by atoms with Crippen molar-refractivity contribution in [1.29, 1.82) is 0 Å². The van der Waals surface area contributed by atoms with Crippen molar-refractivity contribution in [3.63, 3.8) is 0 Å². The van der Waals surface area contributed by atoms with Crippen molar-refractivity contribution < 1.29 is 33.0 Å². The molecule has 12 nitrogen and oxygen atoms in total. The van der Waals surface area contributed by atoms with Gasteiger partial charge in [0.05, 0.1) is 34.6 Å². The van der Waals surface area contributed by atoms with E-state index < -0.39 is 47.4 Å². The van der Waals surface area contributed by atoms with E-state index in [2.05, 4.69) is 20.4 Å². The minimum atomic E-state index is -1.13. The summed E-state index contributed by atoms with van der Waals surface area (Å²) in [5.74, 6) is -1.74. The smallest absolute Gasteiger partial charge is 0.437 e. The van der Waals surface area contributed by atoms with Gasteiger partial charge in [0.15, 0.2) is 0 Å². The number of ether oxygens (including phenoxy) is 3. The van der Waals surface area contributed by atoms with Crippen molar-refractivity contribution in [3.8, 4) is 11.4 Å². The summed E-state index contributed by atoms with van der Waals surface area (Å²) >= 11 is 11.9. The lowest BCUT2D eigenvalue weighted by Crippen LogP contribution is -2.45. The molecular formula is C25H22Cl2FN5O7. The van der Waals surface area contributed by atoms with Crippen LogP contribution in [0.1, 0.15) is 6.42 Å². The van der Waals surface area contributed by atoms with Crippen molar-refractivity contribution in [2.75, 3.05) is 31.4 Å². The van der Waals surface area contributed by atoms with E-state index in [1.54, 1.807) is 6.07 Å². The van der Waals surface area contributed by atoms with E-state index in [1.807, 2.05) is 0 Å². The number of carbonyl (C=O) groups is 3. The standard InChI is InChI=1S/C25H22Cl2FN5O7/c1-38-16-9-19(33(12-16)24(36)31-21-6-3-13(26)10-29-21)22(34)30-18-5-4-15(8-17(18)28)32-11-14(27)7-20(23(32)35)40-25(37)39-2/h3-8,10-11,16,19H,9,12H2,1-2H3,(H,30,34)(H,29,31,36)/t16-,19-/m1/s1. The van der Waals surface area contributed by atoms with Gasteiger partial charge in [-0.25, -0.2) is 19.0 Å². The van der Waals surface area contributed by atoms with E-state index in [0.29, 0.717) is 5.02 Å². The first-order valence-electron chi connectivity index (χ1n) is 11.6. The van der Waals surface area contributed by atoms with E-state index in [-0.39, 0.29) is 35.2 Å². The van der Waals surface area contributed by atoms with Gasteiger partial charge in [0.25, 0.3) is 5.56 Å².